The first kappa shape index (κ1) is 23.7. The lowest BCUT2D eigenvalue weighted by atomic mass is 10.1. The Labute approximate surface area is 189 Å². The van der Waals surface area contributed by atoms with Crippen molar-refractivity contribution in [1.29, 1.82) is 0 Å². The molecule has 1 heterocycles. The number of hydrogen-bond donors (Lipinski definition) is 0. The van der Waals surface area contributed by atoms with Crippen molar-refractivity contribution in [2.24, 2.45) is 0 Å². The highest BCUT2D eigenvalue weighted by Crippen LogP contribution is 2.72. The number of ether oxygens (including phenoxy) is 1. The standard InChI is InChI=1S/C26H37NO3S/c1-25(2,3)29-24(28)27-19-17-21(18-20-27)30-31(26(4,5)6,22-13-9-7-10-14-22)23-15-11-8-12-16-23/h7-16,21H,17-20H2,1-6H3. The monoisotopic (exact) mass is 443 g/mol. The zero-order valence-electron chi connectivity index (χ0n) is 19.8. The van der Waals surface area contributed by atoms with Crippen LogP contribution in [-0.4, -0.2) is 40.5 Å². The molecule has 1 amide bonds. The molecule has 0 saturated carbocycles. The van der Waals surface area contributed by atoms with Crippen molar-refractivity contribution in [1.82, 2.24) is 4.90 Å². The number of likely N-dealkylation sites (tertiary alicyclic amines) is 1. The summed E-state index contributed by atoms with van der Waals surface area (Å²) in [5.74, 6) is 0. The average molecular weight is 444 g/mol. The van der Waals surface area contributed by atoms with Crippen LogP contribution in [0.15, 0.2) is 70.5 Å². The molecule has 1 aliphatic heterocycles. The van der Waals surface area contributed by atoms with Gasteiger partial charge in [0.15, 0.2) is 0 Å². The van der Waals surface area contributed by atoms with E-state index in [1.54, 1.807) is 0 Å². The van der Waals surface area contributed by atoms with Crippen LogP contribution in [0, 0.1) is 0 Å². The summed E-state index contributed by atoms with van der Waals surface area (Å²) >= 11 is 0. The van der Waals surface area contributed by atoms with E-state index in [0.717, 1.165) is 12.8 Å². The third kappa shape index (κ3) is 5.45. The molecule has 0 radical (unpaired) electrons. The third-order valence-corrected chi connectivity index (χ3v) is 9.54. The first-order valence-electron chi connectivity index (χ1n) is 11.1. The van der Waals surface area contributed by atoms with E-state index in [1.165, 1.54) is 9.79 Å². The van der Waals surface area contributed by atoms with Gasteiger partial charge in [-0.05, 0) is 78.6 Å². The summed E-state index contributed by atoms with van der Waals surface area (Å²) in [7, 11) is -1.77. The van der Waals surface area contributed by atoms with Crippen LogP contribution < -0.4 is 0 Å². The Kier molecular flexibility index (Phi) is 7.07. The smallest absolute Gasteiger partial charge is 0.410 e. The molecule has 4 nitrogen and oxygen atoms in total. The maximum atomic E-state index is 12.5. The largest absolute Gasteiger partial charge is 0.444 e. The number of rotatable bonds is 4. The van der Waals surface area contributed by atoms with E-state index in [2.05, 4.69) is 81.4 Å². The molecule has 1 aliphatic rings. The van der Waals surface area contributed by atoms with E-state index in [1.807, 2.05) is 25.7 Å². The Morgan fingerprint density at radius 3 is 1.68 bits per heavy atom. The molecule has 0 aliphatic carbocycles. The molecule has 0 atom stereocenters. The molecule has 3 rings (SSSR count). The number of carbonyl (C=O) groups excluding carboxylic acids is 1. The van der Waals surface area contributed by atoms with Gasteiger partial charge in [0, 0.05) is 27.6 Å². The van der Waals surface area contributed by atoms with E-state index in [9.17, 15) is 4.79 Å². The first-order chi connectivity index (χ1) is 14.5. The van der Waals surface area contributed by atoms with Gasteiger partial charge in [-0.25, -0.2) is 4.79 Å². The van der Waals surface area contributed by atoms with E-state index in [-0.39, 0.29) is 16.9 Å². The summed E-state index contributed by atoms with van der Waals surface area (Å²) in [4.78, 5) is 16.8. The number of carbonyl (C=O) groups is 1. The molecular formula is C26H37NO3S. The van der Waals surface area contributed by atoms with Crippen molar-refractivity contribution in [2.45, 2.75) is 80.6 Å². The Balaban J connectivity index is 1.87. The lowest BCUT2D eigenvalue weighted by Crippen LogP contribution is -2.44. The molecule has 1 fully saturated rings. The fraction of sp³-hybridized carbons (Fsp3) is 0.500. The van der Waals surface area contributed by atoms with Crippen molar-refractivity contribution in [2.75, 3.05) is 13.1 Å². The Morgan fingerprint density at radius 2 is 1.29 bits per heavy atom. The summed E-state index contributed by atoms with van der Waals surface area (Å²) in [5.41, 5.74) is -0.476. The van der Waals surface area contributed by atoms with Crippen LogP contribution in [0.1, 0.15) is 54.4 Å². The molecule has 0 unspecified atom stereocenters. The molecular weight excluding hydrogens is 406 g/mol. The number of piperidine rings is 1. The Hall–Kier alpha value is -1.98. The maximum absolute atomic E-state index is 12.5. The molecule has 0 spiro atoms. The van der Waals surface area contributed by atoms with E-state index >= 15 is 0 Å². The van der Waals surface area contributed by atoms with Gasteiger partial charge < -0.3 is 13.8 Å². The topological polar surface area (TPSA) is 38.8 Å². The van der Waals surface area contributed by atoms with Gasteiger partial charge in [-0.3, -0.25) is 0 Å². The quantitative estimate of drug-likeness (QED) is 0.509. The molecule has 2 aromatic rings. The van der Waals surface area contributed by atoms with E-state index in [0.29, 0.717) is 13.1 Å². The molecule has 170 valence electrons. The predicted octanol–water partition coefficient (Wildman–Crippen LogP) is 7.04. The normalized spacial score (nSPS) is 16.8. The SMILES string of the molecule is CC(C)(C)OC(=O)N1CCC(OS(c2ccccc2)(c2ccccc2)C(C)(C)C)CC1. The minimum atomic E-state index is -1.77. The second kappa shape index (κ2) is 9.25. The van der Waals surface area contributed by atoms with Gasteiger partial charge in [0.05, 0.1) is 6.10 Å². The van der Waals surface area contributed by atoms with Crippen LogP contribution in [-0.2, 0) is 8.92 Å². The number of benzene rings is 2. The highest BCUT2D eigenvalue weighted by molar-refractivity contribution is 8.31. The highest BCUT2D eigenvalue weighted by Gasteiger charge is 2.44. The zero-order valence-corrected chi connectivity index (χ0v) is 20.6. The van der Waals surface area contributed by atoms with Crippen LogP contribution in [0.5, 0.6) is 0 Å². The summed E-state index contributed by atoms with van der Waals surface area (Å²) in [6.45, 7) is 13.9. The van der Waals surface area contributed by atoms with Gasteiger partial charge in [-0.2, -0.15) is 0 Å². The minimum Gasteiger partial charge on any atom is -0.444 e. The van der Waals surface area contributed by atoms with Crippen LogP contribution in [0.2, 0.25) is 0 Å². The van der Waals surface area contributed by atoms with Crippen LogP contribution in [0.4, 0.5) is 4.79 Å². The lowest BCUT2D eigenvalue weighted by Gasteiger charge is -2.52. The van der Waals surface area contributed by atoms with Crippen molar-refractivity contribution in [3.63, 3.8) is 0 Å². The third-order valence-electron chi connectivity index (χ3n) is 5.39. The number of nitrogens with zero attached hydrogens (tertiary/aromatic N) is 1. The fourth-order valence-corrected chi connectivity index (χ4v) is 7.87. The lowest BCUT2D eigenvalue weighted by molar-refractivity contribution is 0.0135. The van der Waals surface area contributed by atoms with Crippen LogP contribution in [0.25, 0.3) is 0 Å². The van der Waals surface area contributed by atoms with Gasteiger partial charge in [0.2, 0.25) is 0 Å². The second-order valence-electron chi connectivity index (χ2n) is 10.1. The molecule has 0 aromatic heterocycles. The van der Waals surface area contributed by atoms with Gasteiger partial charge in [-0.15, -0.1) is 0 Å². The van der Waals surface area contributed by atoms with Crippen molar-refractivity contribution in [3.05, 3.63) is 60.7 Å². The summed E-state index contributed by atoms with van der Waals surface area (Å²) in [5, 5.41) is 0. The van der Waals surface area contributed by atoms with Crippen molar-refractivity contribution >= 4 is 16.4 Å². The molecule has 0 N–H and O–H groups in total. The summed E-state index contributed by atoms with van der Waals surface area (Å²) < 4.78 is 12.6. The molecule has 1 saturated heterocycles. The molecule has 0 bridgehead atoms. The van der Waals surface area contributed by atoms with Gasteiger partial charge in [0.25, 0.3) is 0 Å². The zero-order chi connectivity index (χ0) is 22.7. The predicted molar refractivity (Wildman–Crippen MR) is 129 cm³/mol. The molecule has 31 heavy (non-hydrogen) atoms. The summed E-state index contributed by atoms with van der Waals surface area (Å²) in [6, 6.07) is 21.3. The highest BCUT2D eigenvalue weighted by atomic mass is 32.3. The average Bonchev–Trinajstić information content (AvgIpc) is 2.71. The minimum absolute atomic E-state index is 0.0910. The first-order valence-corrected chi connectivity index (χ1v) is 12.7. The second-order valence-corrected chi connectivity index (χ2v) is 13.5. The van der Waals surface area contributed by atoms with E-state index in [4.69, 9.17) is 8.92 Å². The van der Waals surface area contributed by atoms with Gasteiger partial charge in [0.1, 0.15) is 5.60 Å². The van der Waals surface area contributed by atoms with Crippen molar-refractivity contribution < 1.29 is 13.7 Å². The Bertz CT molecular complexity index is 808. The number of hydrogen-bond acceptors (Lipinski definition) is 3. The van der Waals surface area contributed by atoms with Crippen molar-refractivity contribution in [3.8, 4) is 0 Å². The van der Waals surface area contributed by atoms with Gasteiger partial charge in [-0.1, -0.05) is 46.7 Å². The molecule has 2 aromatic carbocycles. The van der Waals surface area contributed by atoms with Crippen LogP contribution in [0.3, 0.4) is 0 Å². The van der Waals surface area contributed by atoms with E-state index < -0.39 is 15.9 Å². The molecule has 5 heteroatoms. The summed E-state index contributed by atoms with van der Waals surface area (Å²) in [6.07, 6.45) is 1.48. The Morgan fingerprint density at radius 1 is 0.839 bits per heavy atom. The fourth-order valence-electron chi connectivity index (χ4n) is 3.99. The number of amides is 1. The maximum Gasteiger partial charge on any atom is 0.410 e. The van der Waals surface area contributed by atoms with Gasteiger partial charge >= 0.3 is 6.09 Å². The van der Waals surface area contributed by atoms with Crippen LogP contribution >= 0.6 is 10.3 Å².